The van der Waals surface area contributed by atoms with Crippen molar-refractivity contribution >= 4 is 0 Å². The maximum Gasteiger partial charge on any atom is 0.142 e. The molecule has 0 aliphatic carbocycles. The van der Waals surface area contributed by atoms with E-state index in [4.69, 9.17) is 4.74 Å². The number of hydrogen-bond donors (Lipinski definition) is 0. The number of fused-ring (bicyclic) bond motifs is 1. The SMILES string of the molecule is CN1COc2ccc(-c3ccccc3)cc2C1. The predicted octanol–water partition coefficient (Wildman–Crippen LogP) is 3.14. The highest BCUT2D eigenvalue weighted by Crippen LogP contribution is 2.29. The van der Waals surface area contributed by atoms with Crippen molar-refractivity contribution in [3.63, 3.8) is 0 Å². The van der Waals surface area contributed by atoms with E-state index in [1.807, 2.05) is 6.07 Å². The molecule has 0 saturated heterocycles. The third-order valence-electron chi connectivity index (χ3n) is 3.05. The maximum atomic E-state index is 5.65. The van der Waals surface area contributed by atoms with E-state index >= 15 is 0 Å². The molecule has 0 unspecified atom stereocenters. The smallest absolute Gasteiger partial charge is 0.142 e. The van der Waals surface area contributed by atoms with Crippen molar-refractivity contribution in [3.05, 3.63) is 54.1 Å². The van der Waals surface area contributed by atoms with Crippen LogP contribution >= 0.6 is 0 Å². The summed E-state index contributed by atoms with van der Waals surface area (Å²) in [5, 5.41) is 0. The number of nitrogens with zero attached hydrogens (tertiary/aromatic N) is 1. The Labute approximate surface area is 101 Å². The molecule has 0 N–H and O–H groups in total. The quantitative estimate of drug-likeness (QED) is 0.739. The number of rotatable bonds is 1. The van der Waals surface area contributed by atoms with Crippen molar-refractivity contribution in [2.45, 2.75) is 6.54 Å². The van der Waals surface area contributed by atoms with Gasteiger partial charge in [0.1, 0.15) is 12.5 Å². The van der Waals surface area contributed by atoms with Gasteiger partial charge in [0, 0.05) is 12.1 Å². The summed E-state index contributed by atoms with van der Waals surface area (Å²) in [4.78, 5) is 2.16. The van der Waals surface area contributed by atoms with E-state index in [0.29, 0.717) is 6.73 Å². The molecule has 2 heteroatoms. The summed E-state index contributed by atoms with van der Waals surface area (Å²) in [7, 11) is 2.07. The molecular weight excluding hydrogens is 210 g/mol. The average molecular weight is 225 g/mol. The van der Waals surface area contributed by atoms with Crippen LogP contribution in [-0.2, 0) is 6.54 Å². The molecule has 2 aromatic carbocycles. The molecule has 0 fully saturated rings. The fraction of sp³-hybridized carbons (Fsp3) is 0.200. The van der Waals surface area contributed by atoms with Crippen LogP contribution in [-0.4, -0.2) is 18.7 Å². The molecule has 0 atom stereocenters. The first-order valence-corrected chi connectivity index (χ1v) is 5.82. The lowest BCUT2D eigenvalue weighted by molar-refractivity contribution is 0.121. The second-order valence-electron chi connectivity index (χ2n) is 4.48. The Morgan fingerprint density at radius 3 is 2.65 bits per heavy atom. The second kappa shape index (κ2) is 4.22. The van der Waals surface area contributed by atoms with Gasteiger partial charge in [0.15, 0.2) is 0 Å². The van der Waals surface area contributed by atoms with Gasteiger partial charge in [0.05, 0.1) is 0 Å². The van der Waals surface area contributed by atoms with E-state index in [1.165, 1.54) is 16.7 Å². The summed E-state index contributed by atoms with van der Waals surface area (Å²) >= 11 is 0. The Kier molecular flexibility index (Phi) is 2.57. The lowest BCUT2D eigenvalue weighted by atomic mass is 10.0. The van der Waals surface area contributed by atoms with Gasteiger partial charge >= 0.3 is 0 Å². The fourth-order valence-electron chi connectivity index (χ4n) is 2.17. The van der Waals surface area contributed by atoms with Crippen LogP contribution in [0.3, 0.4) is 0 Å². The van der Waals surface area contributed by atoms with Gasteiger partial charge in [0.2, 0.25) is 0 Å². The first-order valence-electron chi connectivity index (χ1n) is 5.82. The highest BCUT2D eigenvalue weighted by atomic mass is 16.5. The molecule has 0 bridgehead atoms. The summed E-state index contributed by atoms with van der Waals surface area (Å²) < 4.78 is 5.65. The number of benzene rings is 2. The molecule has 1 aliphatic rings. The van der Waals surface area contributed by atoms with E-state index < -0.39 is 0 Å². The van der Waals surface area contributed by atoms with Crippen LogP contribution in [0.15, 0.2) is 48.5 Å². The van der Waals surface area contributed by atoms with Gasteiger partial charge in [-0.3, -0.25) is 4.90 Å². The predicted molar refractivity (Wildman–Crippen MR) is 68.8 cm³/mol. The average Bonchev–Trinajstić information content (AvgIpc) is 2.39. The Morgan fingerprint density at radius 2 is 1.82 bits per heavy atom. The topological polar surface area (TPSA) is 12.5 Å². The minimum Gasteiger partial charge on any atom is -0.478 e. The van der Waals surface area contributed by atoms with Crippen molar-refractivity contribution < 1.29 is 4.74 Å². The molecule has 3 rings (SSSR count). The molecule has 17 heavy (non-hydrogen) atoms. The third-order valence-corrected chi connectivity index (χ3v) is 3.05. The minimum absolute atomic E-state index is 0.678. The summed E-state index contributed by atoms with van der Waals surface area (Å²) in [6, 6.07) is 16.9. The van der Waals surface area contributed by atoms with Crippen LogP contribution in [0.4, 0.5) is 0 Å². The zero-order valence-corrected chi connectivity index (χ0v) is 9.89. The van der Waals surface area contributed by atoms with Crippen molar-refractivity contribution in [1.82, 2.24) is 4.90 Å². The molecule has 0 saturated carbocycles. The Hall–Kier alpha value is -1.80. The molecule has 2 aromatic rings. The van der Waals surface area contributed by atoms with Gasteiger partial charge in [-0.05, 0) is 30.3 Å². The zero-order chi connectivity index (χ0) is 11.7. The summed E-state index contributed by atoms with van der Waals surface area (Å²) in [6.45, 7) is 1.63. The first kappa shape index (κ1) is 10.4. The van der Waals surface area contributed by atoms with Crippen molar-refractivity contribution in [1.29, 1.82) is 0 Å². The van der Waals surface area contributed by atoms with Crippen LogP contribution in [0, 0.1) is 0 Å². The lowest BCUT2D eigenvalue weighted by Gasteiger charge is -2.25. The number of hydrogen-bond acceptors (Lipinski definition) is 2. The molecule has 0 radical (unpaired) electrons. The molecular formula is C15H15NO. The Bertz CT molecular complexity index is 522. The minimum atomic E-state index is 0.678. The lowest BCUT2D eigenvalue weighted by Crippen LogP contribution is -2.27. The van der Waals surface area contributed by atoms with Gasteiger partial charge in [-0.25, -0.2) is 0 Å². The van der Waals surface area contributed by atoms with Crippen molar-refractivity contribution in [3.8, 4) is 16.9 Å². The summed E-state index contributed by atoms with van der Waals surface area (Å²) in [6.07, 6.45) is 0. The molecule has 1 heterocycles. The fourth-order valence-corrected chi connectivity index (χ4v) is 2.17. The molecule has 1 aliphatic heterocycles. The maximum absolute atomic E-state index is 5.65. The third kappa shape index (κ3) is 2.04. The van der Waals surface area contributed by atoms with Gasteiger partial charge in [-0.1, -0.05) is 36.4 Å². The molecule has 2 nitrogen and oxygen atoms in total. The van der Waals surface area contributed by atoms with E-state index in [-0.39, 0.29) is 0 Å². The monoisotopic (exact) mass is 225 g/mol. The first-order chi connectivity index (χ1) is 8.33. The molecule has 86 valence electrons. The van der Waals surface area contributed by atoms with Gasteiger partial charge < -0.3 is 4.74 Å². The highest BCUT2D eigenvalue weighted by molar-refractivity contribution is 5.65. The standard InChI is InChI=1S/C15H15NO/c1-16-10-14-9-13(7-8-15(14)17-11-16)12-5-3-2-4-6-12/h2-9H,10-11H2,1H3. The van der Waals surface area contributed by atoms with Crippen LogP contribution in [0.25, 0.3) is 11.1 Å². The van der Waals surface area contributed by atoms with Gasteiger partial charge in [-0.2, -0.15) is 0 Å². The molecule has 0 amide bonds. The van der Waals surface area contributed by atoms with Crippen LogP contribution in [0.1, 0.15) is 5.56 Å². The summed E-state index contributed by atoms with van der Waals surface area (Å²) in [5.41, 5.74) is 3.77. The van der Waals surface area contributed by atoms with E-state index in [9.17, 15) is 0 Å². The Morgan fingerprint density at radius 1 is 1.00 bits per heavy atom. The zero-order valence-electron chi connectivity index (χ0n) is 9.89. The van der Waals surface area contributed by atoms with Crippen molar-refractivity contribution in [2.24, 2.45) is 0 Å². The van der Waals surface area contributed by atoms with Crippen molar-refractivity contribution in [2.75, 3.05) is 13.8 Å². The van der Waals surface area contributed by atoms with Crippen LogP contribution in [0.2, 0.25) is 0 Å². The van der Waals surface area contributed by atoms with E-state index in [0.717, 1.165) is 12.3 Å². The van der Waals surface area contributed by atoms with Crippen LogP contribution < -0.4 is 4.74 Å². The molecule has 0 spiro atoms. The molecule has 0 aromatic heterocycles. The largest absolute Gasteiger partial charge is 0.478 e. The van der Waals surface area contributed by atoms with Crippen LogP contribution in [0.5, 0.6) is 5.75 Å². The van der Waals surface area contributed by atoms with E-state index in [1.54, 1.807) is 0 Å². The highest BCUT2D eigenvalue weighted by Gasteiger charge is 2.14. The van der Waals surface area contributed by atoms with Gasteiger partial charge in [-0.15, -0.1) is 0 Å². The normalized spacial score (nSPS) is 15.1. The second-order valence-corrected chi connectivity index (χ2v) is 4.48. The number of ether oxygens (including phenoxy) is 1. The van der Waals surface area contributed by atoms with E-state index in [2.05, 4.69) is 54.4 Å². The Balaban J connectivity index is 2.01. The summed E-state index contributed by atoms with van der Waals surface area (Å²) in [5.74, 6) is 1.02. The van der Waals surface area contributed by atoms with Gasteiger partial charge in [0.25, 0.3) is 0 Å².